The van der Waals surface area contributed by atoms with Gasteiger partial charge in [-0.3, -0.25) is 14.5 Å². The molecular formula is C23H24FNO4S. The van der Waals surface area contributed by atoms with Crippen LogP contribution in [-0.4, -0.2) is 29.2 Å². The van der Waals surface area contributed by atoms with Gasteiger partial charge < -0.3 is 9.47 Å². The second-order valence-electron chi connectivity index (χ2n) is 7.21. The topological polar surface area (TPSA) is 55.8 Å². The minimum Gasteiger partial charge on any atom is -0.490 e. The van der Waals surface area contributed by atoms with Crippen molar-refractivity contribution in [3.8, 4) is 11.5 Å². The Bertz CT molecular complexity index is 973. The molecule has 1 heterocycles. The minimum atomic E-state index is -0.329. The van der Waals surface area contributed by atoms with E-state index in [1.807, 2.05) is 20.8 Å². The number of imide groups is 1. The van der Waals surface area contributed by atoms with E-state index in [2.05, 4.69) is 0 Å². The van der Waals surface area contributed by atoms with Gasteiger partial charge in [0.2, 0.25) is 0 Å². The van der Waals surface area contributed by atoms with E-state index in [1.54, 1.807) is 42.5 Å². The van der Waals surface area contributed by atoms with Crippen molar-refractivity contribution < 1.29 is 23.5 Å². The summed E-state index contributed by atoms with van der Waals surface area (Å²) in [4.78, 5) is 26.3. The lowest BCUT2D eigenvalue weighted by Crippen LogP contribution is -2.31. The van der Waals surface area contributed by atoms with E-state index in [4.69, 9.17) is 9.47 Å². The van der Waals surface area contributed by atoms with Crippen molar-refractivity contribution in [3.05, 3.63) is 64.3 Å². The zero-order chi connectivity index (χ0) is 21.7. The van der Waals surface area contributed by atoms with E-state index in [9.17, 15) is 14.0 Å². The predicted molar refractivity (Wildman–Crippen MR) is 116 cm³/mol. The molecule has 3 rings (SSSR count). The SMILES string of the molecule is CCOc1cc(/C=C2\SC(=O)N(CC(C)C)C2=O)ccc1OCc1ccccc1F. The number of benzene rings is 2. The number of thioether (sulfide) groups is 1. The summed E-state index contributed by atoms with van der Waals surface area (Å²) in [7, 11) is 0. The lowest BCUT2D eigenvalue weighted by atomic mass is 10.1. The summed E-state index contributed by atoms with van der Waals surface area (Å²) in [6.07, 6.45) is 1.67. The summed E-state index contributed by atoms with van der Waals surface area (Å²) < 4.78 is 25.3. The number of nitrogens with zero attached hydrogens (tertiary/aromatic N) is 1. The van der Waals surface area contributed by atoms with Crippen molar-refractivity contribution in [3.63, 3.8) is 0 Å². The van der Waals surface area contributed by atoms with Crippen LogP contribution in [0.15, 0.2) is 47.4 Å². The van der Waals surface area contributed by atoms with Gasteiger partial charge in [-0.1, -0.05) is 38.1 Å². The highest BCUT2D eigenvalue weighted by Crippen LogP contribution is 2.35. The van der Waals surface area contributed by atoms with Crippen LogP contribution in [0.1, 0.15) is 31.9 Å². The van der Waals surface area contributed by atoms with Crippen molar-refractivity contribution in [2.24, 2.45) is 5.92 Å². The zero-order valence-corrected chi connectivity index (χ0v) is 18.0. The Morgan fingerprint density at radius 3 is 2.57 bits per heavy atom. The summed E-state index contributed by atoms with van der Waals surface area (Å²) >= 11 is 0.936. The summed E-state index contributed by atoms with van der Waals surface area (Å²) in [5, 5.41) is -0.255. The van der Waals surface area contributed by atoms with E-state index in [-0.39, 0.29) is 29.5 Å². The molecule has 158 valence electrons. The Labute approximate surface area is 179 Å². The molecule has 2 amide bonds. The molecule has 0 spiro atoms. The minimum absolute atomic E-state index is 0.0696. The maximum absolute atomic E-state index is 13.8. The Balaban J connectivity index is 1.79. The molecular weight excluding hydrogens is 405 g/mol. The van der Waals surface area contributed by atoms with E-state index < -0.39 is 0 Å². The lowest BCUT2D eigenvalue weighted by Gasteiger charge is -2.14. The van der Waals surface area contributed by atoms with Gasteiger partial charge in [0.1, 0.15) is 12.4 Å². The molecule has 0 aliphatic carbocycles. The quantitative estimate of drug-likeness (QED) is 0.519. The third-order valence-electron chi connectivity index (χ3n) is 4.33. The molecule has 0 unspecified atom stereocenters. The van der Waals surface area contributed by atoms with Gasteiger partial charge in [0.25, 0.3) is 11.1 Å². The fraction of sp³-hybridized carbons (Fsp3) is 0.304. The van der Waals surface area contributed by atoms with Gasteiger partial charge in [-0.15, -0.1) is 0 Å². The van der Waals surface area contributed by atoms with Crippen LogP contribution in [0.25, 0.3) is 6.08 Å². The molecule has 0 bridgehead atoms. The normalized spacial score (nSPS) is 15.4. The van der Waals surface area contributed by atoms with E-state index in [0.29, 0.717) is 40.7 Å². The Morgan fingerprint density at radius 2 is 1.87 bits per heavy atom. The monoisotopic (exact) mass is 429 g/mol. The Kier molecular flexibility index (Phi) is 7.15. The van der Waals surface area contributed by atoms with Gasteiger partial charge in [-0.25, -0.2) is 4.39 Å². The van der Waals surface area contributed by atoms with Crippen LogP contribution in [0.5, 0.6) is 11.5 Å². The van der Waals surface area contributed by atoms with Crippen molar-refractivity contribution in [1.82, 2.24) is 4.90 Å². The molecule has 1 aliphatic heterocycles. The molecule has 0 radical (unpaired) electrons. The van der Waals surface area contributed by atoms with Crippen LogP contribution < -0.4 is 9.47 Å². The molecule has 5 nitrogen and oxygen atoms in total. The predicted octanol–water partition coefficient (Wildman–Crippen LogP) is 5.50. The second kappa shape index (κ2) is 9.80. The van der Waals surface area contributed by atoms with Crippen LogP contribution in [-0.2, 0) is 11.4 Å². The standard InChI is InChI=1S/C23H24FNO4S/c1-4-28-20-11-16(12-21-22(26)25(13-15(2)3)23(27)30-21)9-10-19(20)29-14-17-7-5-6-8-18(17)24/h5-12,15H,4,13-14H2,1-3H3/b21-12-. The number of carbonyl (C=O) groups excluding carboxylic acids is 2. The van der Waals surface area contributed by atoms with Gasteiger partial charge >= 0.3 is 0 Å². The average molecular weight is 430 g/mol. The lowest BCUT2D eigenvalue weighted by molar-refractivity contribution is -0.123. The molecule has 2 aromatic rings. The van der Waals surface area contributed by atoms with E-state index in [1.165, 1.54) is 11.0 Å². The molecule has 1 aliphatic rings. The van der Waals surface area contributed by atoms with E-state index in [0.717, 1.165) is 11.8 Å². The highest BCUT2D eigenvalue weighted by Gasteiger charge is 2.35. The van der Waals surface area contributed by atoms with Gasteiger partial charge in [0, 0.05) is 12.1 Å². The fourth-order valence-electron chi connectivity index (χ4n) is 2.95. The molecule has 0 aromatic heterocycles. The summed E-state index contributed by atoms with van der Waals surface area (Å²) in [5.74, 6) is 0.559. The summed E-state index contributed by atoms with van der Waals surface area (Å²) in [5.41, 5.74) is 1.16. The maximum Gasteiger partial charge on any atom is 0.293 e. The van der Waals surface area contributed by atoms with E-state index >= 15 is 0 Å². The summed E-state index contributed by atoms with van der Waals surface area (Å²) in [6.45, 7) is 6.66. The number of ether oxygens (including phenoxy) is 2. The Morgan fingerprint density at radius 1 is 1.10 bits per heavy atom. The van der Waals surface area contributed by atoms with Crippen LogP contribution in [0.2, 0.25) is 0 Å². The van der Waals surface area contributed by atoms with Crippen molar-refractivity contribution in [2.45, 2.75) is 27.4 Å². The molecule has 1 fully saturated rings. The second-order valence-corrected chi connectivity index (χ2v) is 8.20. The average Bonchev–Trinajstić information content (AvgIpc) is 2.96. The molecule has 30 heavy (non-hydrogen) atoms. The number of hydrogen-bond donors (Lipinski definition) is 0. The highest BCUT2D eigenvalue weighted by atomic mass is 32.2. The summed E-state index contributed by atoms with van der Waals surface area (Å²) in [6, 6.07) is 11.7. The largest absolute Gasteiger partial charge is 0.490 e. The van der Waals surface area contributed by atoms with Crippen molar-refractivity contribution in [1.29, 1.82) is 0 Å². The van der Waals surface area contributed by atoms with Crippen LogP contribution in [0.4, 0.5) is 9.18 Å². The number of carbonyl (C=O) groups is 2. The molecule has 1 saturated heterocycles. The molecule has 7 heteroatoms. The number of hydrogen-bond acceptors (Lipinski definition) is 5. The van der Waals surface area contributed by atoms with Gasteiger partial charge in [-0.05, 0) is 54.4 Å². The number of halogens is 1. The number of rotatable bonds is 8. The molecule has 0 N–H and O–H groups in total. The number of amides is 2. The fourth-order valence-corrected chi connectivity index (χ4v) is 3.80. The maximum atomic E-state index is 13.8. The molecule has 0 atom stereocenters. The van der Waals surface area contributed by atoms with Crippen molar-refractivity contribution in [2.75, 3.05) is 13.2 Å². The zero-order valence-electron chi connectivity index (χ0n) is 17.2. The van der Waals surface area contributed by atoms with Gasteiger partial charge in [-0.2, -0.15) is 0 Å². The first-order valence-electron chi connectivity index (χ1n) is 9.77. The smallest absolute Gasteiger partial charge is 0.293 e. The van der Waals surface area contributed by atoms with Crippen LogP contribution >= 0.6 is 11.8 Å². The first-order chi connectivity index (χ1) is 14.4. The third-order valence-corrected chi connectivity index (χ3v) is 5.24. The third kappa shape index (κ3) is 5.21. The van der Waals surface area contributed by atoms with Gasteiger partial charge in [0.05, 0.1) is 11.5 Å². The van der Waals surface area contributed by atoms with Crippen LogP contribution in [0, 0.1) is 11.7 Å². The molecule has 2 aromatic carbocycles. The first-order valence-corrected chi connectivity index (χ1v) is 10.6. The van der Waals surface area contributed by atoms with Crippen LogP contribution in [0.3, 0.4) is 0 Å². The first kappa shape index (κ1) is 21.9. The highest BCUT2D eigenvalue weighted by molar-refractivity contribution is 8.18. The van der Waals surface area contributed by atoms with Crippen molar-refractivity contribution >= 4 is 29.0 Å². The van der Waals surface area contributed by atoms with Gasteiger partial charge in [0.15, 0.2) is 11.5 Å². The molecule has 0 saturated carbocycles. The Hall–Kier alpha value is -2.80.